The van der Waals surface area contributed by atoms with Gasteiger partial charge in [0.05, 0.1) is 0 Å². The molecule has 110 valence electrons. The van der Waals surface area contributed by atoms with Crippen molar-refractivity contribution in [3.05, 3.63) is 65.7 Å². The van der Waals surface area contributed by atoms with Gasteiger partial charge in [0.2, 0.25) is 0 Å². The second-order valence-electron chi connectivity index (χ2n) is 4.91. The van der Waals surface area contributed by atoms with Crippen molar-refractivity contribution < 1.29 is 13.2 Å². The van der Waals surface area contributed by atoms with Crippen LogP contribution in [0.25, 0.3) is 17.0 Å². The average molecular weight is 290 g/mol. The number of rotatable bonds is 5. The summed E-state index contributed by atoms with van der Waals surface area (Å²) in [5.74, 6) is -1.80. The topological polar surface area (TPSA) is 0 Å². The number of hydrogen-bond acceptors (Lipinski definition) is 0. The van der Waals surface area contributed by atoms with Crippen molar-refractivity contribution in [2.45, 2.75) is 26.2 Å². The third-order valence-corrected chi connectivity index (χ3v) is 3.30. The fourth-order valence-electron chi connectivity index (χ4n) is 2.05. The monoisotopic (exact) mass is 290 g/mol. The largest absolute Gasteiger partial charge is 0.209 e. The van der Waals surface area contributed by atoms with E-state index < -0.39 is 11.7 Å². The van der Waals surface area contributed by atoms with Crippen molar-refractivity contribution in [2.24, 2.45) is 0 Å². The summed E-state index contributed by atoms with van der Waals surface area (Å²) in [5.41, 5.74) is 1.90. The van der Waals surface area contributed by atoms with E-state index in [4.69, 9.17) is 0 Å². The summed E-state index contributed by atoms with van der Waals surface area (Å²) in [4.78, 5) is 0. The Balaban J connectivity index is 2.20. The van der Waals surface area contributed by atoms with Crippen molar-refractivity contribution in [2.75, 3.05) is 0 Å². The van der Waals surface area contributed by atoms with Crippen LogP contribution >= 0.6 is 0 Å². The molecule has 0 amide bonds. The van der Waals surface area contributed by atoms with Gasteiger partial charge in [-0.15, -0.1) is 0 Å². The molecular formula is C18H17F3. The van der Waals surface area contributed by atoms with Crippen LogP contribution in [0, 0.1) is 5.82 Å². The molecule has 0 unspecified atom stereocenters. The molecule has 2 aromatic rings. The highest BCUT2D eigenvalue weighted by Gasteiger charge is 2.09. The Morgan fingerprint density at radius 2 is 1.38 bits per heavy atom. The third-order valence-electron chi connectivity index (χ3n) is 3.30. The van der Waals surface area contributed by atoms with Gasteiger partial charge in [-0.05, 0) is 29.7 Å². The molecule has 21 heavy (non-hydrogen) atoms. The van der Waals surface area contributed by atoms with Gasteiger partial charge in [0.1, 0.15) is 11.6 Å². The lowest BCUT2D eigenvalue weighted by Crippen LogP contribution is -1.85. The zero-order chi connectivity index (χ0) is 15.2. The van der Waals surface area contributed by atoms with Crippen LogP contribution in [0.15, 0.2) is 54.4 Å². The smallest absolute Gasteiger partial charge is 0.161 e. The van der Waals surface area contributed by atoms with Crippen molar-refractivity contribution in [3.8, 4) is 11.1 Å². The average Bonchev–Trinajstić information content (AvgIpc) is 2.53. The first-order valence-corrected chi connectivity index (χ1v) is 7.02. The zero-order valence-corrected chi connectivity index (χ0v) is 11.9. The predicted molar refractivity (Wildman–Crippen MR) is 80.5 cm³/mol. The van der Waals surface area contributed by atoms with E-state index in [1.807, 2.05) is 6.92 Å². The maximum Gasteiger partial charge on any atom is 0.161 e. The summed E-state index contributed by atoms with van der Waals surface area (Å²) >= 11 is 0. The first-order chi connectivity index (χ1) is 10.1. The van der Waals surface area contributed by atoms with Gasteiger partial charge in [0.15, 0.2) is 5.83 Å². The fraction of sp³-hybridized carbons (Fsp3) is 0.222. The van der Waals surface area contributed by atoms with Crippen LogP contribution < -0.4 is 0 Å². The molecule has 0 heterocycles. The molecule has 0 radical (unpaired) electrons. The van der Waals surface area contributed by atoms with Crippen LogP contribution in [0.1, 0.15) is 31.7 Å². The lowest BCUT2D eigenvalue weighted by Gasteiger charge is -2.05. The van der Waals surface area contributed by atoms with E-state index in [9.17, 15) is 13.2 Å². The van der Waals surface area contributed by atoms with E-state index in [-0.39, 0.29) is 17.8 Å². The Bertz CT molecular complexity index is 610. The number of allylic oxidation sites excluding steroid dienone is 1. The number of hydrogen-bond donors (Lipinski definition) is 0. The minimum Gasteiger partial charge on any atom is -0.209 e. The summed E-state index contributed by atoms with van der Waals surface area (Å²) in [7, 11) is 0. The minimum atomic E-state index is -0.797. The molecule has 0 spiro atoms. The van der Waals surface area contributed by atoms with E-state index in [0.29, 0.717) is 6.42 Å². The lowest BCUT2D eigenvalue weighted by molar-refractivity contribution is 0.548. The summed E-state index contributed by atoms with van der Waals surface area (Å²) in [5, 5.41) is 0. The molecule has 0 atom stereocenters. The van der Waals surface area contributed by atoms with Gasteiger partial charge in [-0.1, -0.05) is 49.7 Å². The number of benzene rings is 2. The minimum absolute atomic E-state index is 0.127. The molecule has 0 bridgehead atoms. The summed E-state index contributed by atoms with van der Waals surface area (Å²) < 4.78 is 40.4. The summed E-state index contributed by atoms with van der Waals surface area (Å²) in [6.45, 7) is 1.93. The Hall–Kier alpha value is -2.03. The fourth-order valence-corrected chi connectivity index (χ4v) is 2.05. The van der Waals surface area contributed by atoms with E-state index in [1.54, 1.807) is 36.4 Å². The molecule has 0 fully saturated rings. The predicted octanol–water partition coefficient (Wildman–Crippen LogP) is 6.29. The molecule has 0 N–H and O–H groups in total. The van der Waals surface area contributed by atoms with Crippen LogP contribution in [0.3, 0.4) is 0 Å². The van der Waals surface area contributed by atoms with E-state index in [0.717, 1.165) is 17.5 Å². The molecule has 0 aliphatic heterocycles. The lowest BCUT2D eigenvalue weighted by atomic mass is 10.0. The van der Waals surface area contributed by atoms with Crippen molar-refractivity contribution >= 4 is 5.83 Å². The van der Waals surface area contributed by atoms with E-state index in [2.05, 4.69) is 0 Å². The van der Waals surface area contributed by atoms with Crippen molar-refractivity contribution in [1.82, 2.24) is 0 Å². The van der Waals surface area contributed by atoms with Crippen LogP contribution in [0.2, 0.25) is 0 Å². The van der Waals surface area contributed by atoms with E-state index >= 15 is 0 Å². The molecule has 0 nitrogen and oxygen atoms in total. The van der Waals surface area contributed by atoms with Gasteiger partial charge >= 0.3 is 0 Å². The van der Waals surface area contributed by atoms with Crippen molar-refractivity contribution in [1.29, 1.82) is 0 Å². The highest BCUT2D eigenvalue weighted by Crippen LogP contribution is 2.27. The van der Waals surface area contributed by atoms with Gasteiger partial charge in [-0.2, -0.15) is 0 Å². The molecular weight excluding hydrogens is 273 g/mol. The molecule has 0 aliphatic rings. The highest BCUT2D eigenvalue weighted by atomic mass is 19.2. The van der Waals surface area contributed by atoms with Gasteiger partial charge in [0.25, 0.3) is 0 Å². The van der Waals surface area contributed by atoms with Crippen LogP contribution in [0.4, 0.5) is 13.2 Å². The number of unbranched alkanes of at least 4 members (excludes halogenated alkanes) is 1. The molecule has 0 saturated carbocycles. The standard InChI is InChI=1S/C18H17F3/c1-2-3-4-17(20)18(21)15-7-5-13(6-8-15)14-9-11-16(19)12-10-14/h5-12H,2-4H2,1H3/b18-17+. The second kappa shape index (κ2) is 7.11. The van der Waals surface area contributed by atoms with Gasteiger partial charge in [-0.25, -0.2) is 13.2 Å². The first-order valence-electron chi connectivity index (χ1n) is 7.02. The van der Waals surface area contributed by atoms with Crippen LogP contribution in [-0.4, -0.2) is 0 Å². The van der Waals surface area contributed by atoms with Gasteiger partial charge < -0.3 is 0 Å². The Kier molecular flexibility index (Phi) is 5.20. The molecule has 2 aromatic carbocycles. The SMILES string of the molecule is CCCC/C(F)=C(\F)c1ccc(-c2ccc(F)cc2)cc1. The highest BCUT2D eigenvalue weighted by molar-refractivity contribution is 5.68. The molecule has 3 heteroatoms. The maximum absolute atomic E-state index is 13.9. The van der Waals surface area contributed by atoms with E-state index in [1.165, 1.54) is 12.1 Å². The Morgan fingerprint density at radius 3 is 1.90 bits per heavy atom. The van der Waals surface area contributed by atoms with Crippen molar-refractivity contribution in [3.63, 3.8) is 0 Å². The van der Waals surface area contributed by atoms with Crippen LogP contribution in [-0.2, 0) is 0 Å². The third kappa shape index (κ3) is 3.97. The number of halogens is 3. The first kappa shape index (κ1) is 15.4. The van der Waals surface area contributed by atoms with Gasteiger partial charge in [-0.3, -0.25) is 0 Å². The zero-order valence-electron chi connectivity index (χ0n) is 11.9. The van der Waals surface area contributed by atoms with Crippen LogP contribution in [0.5, 0.6) is 0 Å². The maximum atomic E-state index is 13.9. The molecule has 2 rings (SSSR count). The molecule has 0 aliphatic carbocycles. The quantitative estimate of drug-likeness (QED) is 0.607. The normalized spacial score (nSPS) is 12.2. The summed E-state index contributed by atoms with van der Waals surface area (Å²) in [6, 6.07) is 12.5. The second-order valence-corrected chi connectivity index (χ2v) is 4.91. The molecule has 0 saturated heterocycles. The molecule has 0 aromatic heterocycles. The Morgan fingerprint density at radius 1 is 0.857 bits per heavy atom. The van der Waals surface area contributed by atoms with Gasteiger partial charge in [0, 0.05) is 12.0 Å². The summed E-state index contributed by atoms with van der Waals surface area (Å²) in [6.07, 6.45) is 1.58. The Labute approximate surface area is 122 Å².